The van der Waals surface area contributed by atoms with E-state index in [0.717, 1.165) is 0 Å². The number of carboxylic acid groups (broad SMARTS) is 1. The number of carbonyl (C=O) groups is 2. The normalized spacial score (nSPS) is 22.7. The Morgan fingerprint density at radius 2 is 2.28 bits per heavy atom. The lowest BCUT2D eigenvalue weighted by Crippen LogP contribution is -2.24. The number of ether oxygens (including phenoxy) is 1. The van der Waals surface area contributed by atoms with E-state index in [-0.39, 0.29) is 18.1 Å². The van der Waals surface area contributed by atoms with Gasteiger partial charge in [0.05, 0.1) is 19.1 Å². The van der Waals surface area contributed by atoms with E-state index < -0.39 is 23.7 Å². The van der Waals surface area contributed by atoms with Crippen molar-refractivity contribution < 1.29 is 23.8 Å². The Bertz CT molecular complexity index is 503. The molecular weight excluding hydrogens is 241 g/mol. The molecule has 1 saturated heterocycles. The summed E-state index contributed by atoms with van der Waals surface area (Å²) < 4.78 is 18.1. The largest absolute Gasteiger partial charge is 0.494 e. The van der Waals surface area contributed by atoms with Crippen molar-refractivity contribution in [2.24, 2.45) is 5.92 Å². The molecule has 1 aliphatic heterocycles. The van der Waals surface area contributed by atoms with E-state index in [9.17, 15) is 14.0 Å². The van der Waals surface area contributed by atoms with Crippen LogP contribution in [0.25, 0.3) is 0 Å². The van der Waals surface area contributed by atoms with Crippen LogP contribution in [0.15, 0.2) is 18.2 Å². The number of carboxylic acids is 1. The van der Waals surface area contributed by atoms with Gasteiger partial charge in [-0.05, 0) is 17.7 Å². The second kappa shape index (κ2) is 4.64. The van der Waals surface area contributed by atoms with E-state index in [0.29, 0.717) is 5.56 Å². The highest BCUT2D eigenvalue weighted by Crippen LogP contribution is 2.32. The molecule has 0 bridgehead atoms. The average Bonchev–Trinajstić information content (AvgIpc) is 2.72. The third kappa shape index (κ3) is 2.13. The van der Waals surface area contributed by atoms with Gasteiger partial charge in [0, 0.05) is 6.42 Å². The third-order valence-electron chi connectivity index (χ3n) is 2.98. The first-order valence-corrected chi connectivity index (χ1v) is 5.38. The molecule has 96 valence electrons. The number of rotatable bonds is 3. The summed E-state index contributed by atoms with van der Waals surface area (Å²) >= 11 is 0. The summed E-state index contributed by atoms with van der Waals surface area (Å²) in [5.41, 5.74) is 0.520. The lowest BCUT2D eigenvalue weighted by Gasteiger charge is -2.16. The Hall–Kier alpha value is -2.11. The van der Waals surface area contributed by atoms with Crippen molar-refractivity contribution in [3.63, 3.8) is 0 Å². The molecule has 0 aromatic heterocycles. The summed E-state index contributed by atoms with van der Waals surface area (Å²) in [7, 11) is 1.32. The van der Waals surface area contributed by atoms with Gasteiger partial charge in [0.2, 0.25) is 5.91 Å². The predicted octanol–water partition coefficient (Wildman–Crippen LogP) is 1.10. The van der Waals surface area contributed by atoms with Crippen molar-refractivity contribution in [1.82, 2.24) is 5.32 Å². The monoisotopic (exact) mass is 253 g/mol. The molecule has 0 unspecified atom stereocenters. The van der Waals surface area contributed by atoms with Gasteiger partial charge in [-0.15, -0.1) is 0 Å². The minimum Gasteiger partial charge on any atom is -0.494 e. The maximum atomic E-state index is 13.3. The Balaban J connectivity index is 2.35. The van der Waals surface area contributed by atoms with Gasteiger partial charge in [-0.1, -0.05) is 6.07 Å². The highest BCUT2D eigenvalue weighted by Gasteiger charge is 2.38. The second-order valence-electron chi connectivity index (χ2n) is 4.09. The first-order chi connectivity index (χ1) is 8.52. The van der Waals surface area contributed by atoms with Crippen LogP contribution in [0.3, 0.4) is 0 Å². The van der Waals surface area contributed by atoms with Crippen LogP contribution < -0.4 is 10.1 Å². The minimum atomic E-state index is -1.05. The molecule has 1 fully saturated rings. The average molecular weight is 253 g/mol. The van der Waals surface area contributed by atoms with E-state index in [1.54, 1.807) is 0 Å². The number of amides is 1. The van der Waals surface area contributed by atoms with Crippen LogP contribution in [-0.2, 0) is 9.59 Å². The first-order valence-electron chi connectivity index (χ1n) is 5.38. The maximum Gasteiger partial charge on any atom is 0.309 e. The fourth-order valence-corrected chi connectivity index (χ4v) is 2.07. The Labute approximate surface area is 103 Å². The highest BCUT2D eigenvalue weighted by atomic mass is 19.1. The molecule has 2 atom stereocenters. The predicted molar refractivity (Wildman–Crippen MR) is 59.6 cm³/mol. The van der Waals surface area contributed by atoms with Crippen molar-refractivity contribution in [3.8, 4) is 5.75 Å². The molecule has 18 heavy (non-hydrogen) atoms. The quantitative estimate of drug-likeness (QED) is 0.845. The Morgan fingerprint density at radius 3 is 2.89 bits per heavy atom. The smallest absolute Gasteiger partial charge is 0.309 e. The lowest BCUT2D eigenvalue weighted by molar-refractivity contribution is -0.142. The van der Waals surface area contributed by atoms with Gasteiger partial charge in [-0.3, -0.25) is 9.59 Å². The molecule has 1 amide bonds. The van der Waals surface area contributed by atoms with Crippen LogP contribution in [0, 0.1) is 11.7 Å². The molecule has 1 aliphatic rings. The van der Waals surface area contributed by atoms with Crippen LogP contribution in [0.5, 0.6) is 5.75 Å². The van der Waals surface area contributed by atoms with Crippen LogP contribution in [0.4, 0.5) is 4.39 Å². The van der Waals surface area contributed by atoms with Crippen molar-refractivity contribution in [2.45, 2.75) is 12.5 Å². The van der Waals surface area contributed by atoms with E-state index in [1.165, 1.54) is 25.3 Å². The van der Waals surface area contributed by atoms with E-state index >= 15 is 0 Å². The van der Waals surface area contributed by atoms with E-state index in [4.69, 9.17) is 9.84 Å². The number of hydrogen-bond acceptors (Lipinski definition) is 3. The number of hydrogen-bond donors (Lipinski definition) is 2. The molecule has 2 rings (SSSR count). The zero-order valence-electron chi connectivity index (χ0n) is 9.64. The van der Waals surface area contributed by atoms with Gasteiger partial charge in [-0.2, -0.15) is 0 Å². The Kier molecular flexibility index (Phi) is 3.18. The summed E-state index contributed by atoms with van der Waals surface area (Å²) in [6.07, 6.45) is -0.0698. The van der Waals surface area contributed by atoms with Crippen molar-refractivity contribution >= 4 is 11.9 Å². The van der Waals surface area contributed by atoms with Gasteiger partial charge in [0.1, 0.15) is 0 Å². The van der Waals surface area contributed by atoms with Crippen molar-refractivity contribution in [1.29, 1.82) is 0 Å². The molecule has 0 saturated carbocycles. The molecule has 1 aromatic carbocycles. The molecule has 5 nitrogen and oxygen atoms in total. The Morgan fingerprint density at radius 1 is 1.56 bits per heavy atom. The topological polar surface area (TPSA) is 75.6 Å². The van der Waals surface area contributed by atoms with Crippen molar-refractivity contribution in [2.75, 3.05) is 7.11 Å². The van der Waals surface area contributed by atoms with Gasteiger partial charge >= 0.3 is 5.97 Å². The number of benzene rings is 1. The first kappa shape index (κ1) is 12.3. The van der Waals surface area contributed by atoms with E-state index in [1.807, 2.05) is 0 Å². The summed E-state index contributed by atoms with van der Waals surface area (Å²) in [5.74, 6) is -2.72. The van der Waals surface area contributed by atoms with Gasteiger partial charge in [0.15, 0.2) is 11.6 Å². The molecule has 1 heterocycles. The second-order valence-corrected chi connectivity index (χ2v) is 4.09. The zero-order chi connectivity index (χ0) is 13.3. The number of nitrogens with one attached hydrogen (secondary N) is 1. The summed E-state index contributed by atoms with van der Waals surface area (Å²) in [6.45, 7) is 0. The molecule has 1 aromatic rings. The fourth-order valence-electron chi connectivity index (χ4n) is 2.07. The summed E-state index contributed by atoms with van der Waals surface area (Å²) in [5, 5.41) is 11.6. The molecular formula is C12H12FNO4. The number of aliphatic carboxylic acids is 1. The van der Waals surface area contributed by atoms with Crippen LogP contribution in [-0.4, -0.2) is 24.1 Å². The standard InChI is InChI=1S/C12H12FNO4/c1-18-9-4-6(2-3-8(9)13)11-7(12(16)17)5-10(15)14-11/h2-4,7,11H,5H2,1H3,(H,14,15)(H,16,17)/t7-,11+/m1/s1. The van der Waals surface area contributed by atoms with Crippen LogP contribution in [0.1, 0.15) is 18.0 Å². The number of methoxy groups -OCH3 is 1. The lowest BCUT2D eigenvalue weighted by atomic mass is 9.94. The summed E-state index contributed by atoms with van der Waals surface area (Å²) in [6, 6.07) is 3.40. The molecule has 6 heteroatoms. The highest BCUT2D eigenvalue weighted by molar-refractivity contribution is 5.87. The third-order valence-corrected chi connectivity index (χ3v) is 2.98. The zero-order valence-corrected chi connectivity index (χ0v) is 9.64. The van der Waals surface area contributed by atoms with Gasteiger partial charge in [0.25, 0.3) is 0 Å². The van der Waals surface area contributed by atoms with Gasteiger partial charge in [-0.25, -0.2) is 4.39 Å². The van der Waals surface area contributed by atoms with Gasteiger partial charge < -0.3 is 15.2 Å². The van der Waals surface area contributed by atoms with Crippen molar-refractivity contribution in [3.05, 3.63) is 29.6 Å². The number of halogens is 1. The number of carbonyl (C=O) groups excluding carboxylic acids is 1. The molecule has 0 radical (unpaired) electrons. The van der Waals surface area contributed by atoms with Crippen LogP contribution >= 0.6 is 0 Å². The molecule has 2 N–H and O–H groups in total. The maximum absolute atomic E-state index is 13.3. The molecule has 0 spiro atoms. The SMILES string of the molecule is COc1cc([C@@H]2NC(=O)C[C@H]2C(=O)O)ccc1F. The van der Waals surface area contributed by atoms with Crippen LogP contribution in [0.2, 0.25) is 0 Å². The molecule has 0 aliphatic carbocycles. The fraction of sp³-hybridized carbons (Fsp3) is 0.333. The minimum absolute atomic E-state index is 0.0257. The van der Waals surface area contributed by atoms with E-state index in [2.05, 4.69) is 5.32 Å². The summed E-state index contributed by atoms with van der Waals surface area (Å²) in [4.78, 5) is 22.3.